The van der Waals surface area contributed by atoms with Crippen LogP contribution >= 0.6 is 11.3 Å². The summed E-state index contributed by atoms with van der Waals surface area (Å²) in [4.78, 5) is 36.7. The predicted octanol–water partition coefficient (Wildman–Crippen LogP) is 0.437. The van der Waals surface area contributed by atoms with Gasteiger partial charge < -0.3 is 20.7 Å². The third-order valence-corrected chi connectivity index (χ3v) is 5.33. The van der Waals surface area contributed by atoms with Crippen LogP contribution in [0.15, 0.2) is 54.4 Å². The van der Waals surface area contributed by atoms with E-state index in [1.54, 1.807) is 37.3 Å². The second-order valence-corrected chi connectivity index (χ2v) is 7.53. The molecule has 0 saturated carbocycles. The Morgan fingerprint density at radius 2 is 1.97 bits per heavy atom. The smallest absolute Gasteiger partial charge is 0.270 e. The minimum Gasteiger partial charge on any atom is -0.484 e. The number of thiazole rings is 1. The number of benzene rings is 1. The second kappa shape index (κ2) is 12.7. The van der Waals surface area contributed by atoms with Crippen LogP contribution in [-0.4, -0.2) is 36.1 Å². The first-order valence-electron chi connectivity index (χ1n) is 10.0. The molecule has 0 bridgehead atoms. The molecule has 0 aliphatic heterocycles. The van der Waals surface area contributed by atoms with Crippen molar-refractivity contribution in [3.05, 3.63) is 69.1 Å². The maximum absolute atomic E-state index is 12.8. The second-order valence-electron chi connectivity index (χ2n) is 6.50. The summed E-state index contributed by atoms with van der Waals surface area (Å²) in [6.07, 6.45) is 4.59. The summed E-state index contributed by atoms with van der Waals surface area (Å²) in [5.74, 6) is -0.367. The van der Waals surface area contributed by atoms with Gasteiger partial charge in [-0.05, 0) is 19.1 Å². The van der Waals surface area contributed by atoms with Gasteiger partial charge in [-0.1, -0.05) is 18.2 Å². The minimum absolute atomic E-state index is 0.134. The Morgan fingerprint density at radius 1 is 1.24 bits per heavy atom. The van der Waals surface area contributed by atoms with E-state index in [-0.39, 0.29) is 34.9 Å². The number of ether oxygens (including phenoxy) is 1. The van der Waals surface area contributed by atoms with E-state index in [0.717, 1.165) is 11.3 Å². The van der Waals surface area contributed by atoms with E-state index in [1.165, 1.54) is 16.8 Å². The van der Waals surface area contributed by atoms with Crippen molar-refractivity contribution in [2.75, 3.05) is 25.0 Å². The highest BCUT2D eigenvalue weighted by molar-refractivity contribution is 7.07. The zero-order valence-corrected chi connectivity index (χ0v) is 19.0. The number of anilines is 1. The monoisotopic (exact) mass is 467 g/mol. The van der Waals surface area contributed by atoms with Crippen molar-refractivity contribution in [2.45, 2.75) is 13.5 Å². The van der Waals surface area contributed by atoms with Crippen molar-refractivity contribution >= 4 is 40.6 Å². The quantitative estimate of drug-likeness (QED) is 0.412. The molecule has 0 spiro atoms. The standard InChI is InChI=1S/C23H25N5O4S/c1-4-10-25-20(29)15-32-17-9-7-8-16(12-17)27-14-19-22(31)28(6-3)23(33-19)18(13-24)21(30)26-11-5-2/h4-5,7-9,12,14,27H,1-2,6,10-11,15H2,3H3,(H,25,29)(H,26,30). The topological polar surface area (TPSA) is 125 Å². The van der Waals surface area contributed by atoms with Crippen LogP contribution in [0.5, 0.6) is 5.75 Å². The third-order valence-electron chi connectivity index (χ3n) is 4.20. The predicted molar refractivity (Wildman–Crippen MR) is 129 cm³/mol. The van der Waals surface area contributed by atoms with Crippen LogP contribution in [0, 0.1) is 11.3 Å². The Labute approximate surface area is 195 Å². The number of amides is 2. The fourth-order valence-corrected chi connectivity index (χ4v) is 3.74. The van der Waals surface area contributed by atoms with Crippen molar-refractivity contribution in [1.29, 1.82) is 5.26 Å². The lowest BCUT2D eigenvalue weighted by atomic mass is 10.3. The molecular formula is C23H25N5O4S. The fraction of sp³-hybridized carbons (Fsp3) is 0.217. The highest BCUT2D eigenvalue weighted by Crippen LogP contribution is 2.17. The van der Waals surface area contributed by atoms with E-state index in [0.29, 0.717) is 29.1 Å². The van der Waals surface area contributed by atoms with Gasteiger partial charge in [0.2, 0.25) is 0 Å². The van der Waals surface area contributed by atoms with E-state index in [2.05, 4.69) is 29.1 Å². The van der Waals surface area contributed by atoms with Gasteiger partial charge in [-0.15, -0.1) is 24.5 Å². The van der Waals surface area contributed by atoms with Crippen molar-refractivity contribution < 1.29 is 14.3 Å². The molecule has 0 aliphatic rings. The van der Waals surface area contributed by atoms with Crippen LogP contribution in [-0.2, 0) is 16.1 Å². The Balaban J connectivity index is 2.30. The Bertz CT molecular complexity index is 1250. The molecule has 2 amide bonds. The first-order valence-corrected chi connectivity index (χ1v) is 10.9. The fourth-order valence-electron chi connectivity index (χ4n) is 2.65. The maximum Gasteiger partial charge on any atom is 0.270 e. The molecule has 0 atom stereocenters. The molecule has 0 radical (unpaired) electrons. The van der Waals surface area contributed by atoms with Gasteiger partial charge in [0.15, 0.2) is 12.2 Å². The molecule has 0 aliphatic carbocycles. The van der Waals surface area contributed by atoms with Crippen LogP contribution in [0.3, 0.4) is 0 Å². The van der Waals surface area contributed by atoms with Crippen LogP contribution in [0.1, 0.15) is 6.92 Å². The molecule has 0 saturated heterocycles. The highest BCUT2D eigenvalue weighted by Gasteiger charge is 2.14. The zero-order chi connectivity index (χ0) is 24.2. The van der Waals surface area contributed by atoms with Gasteiger partial charge in [-0.2, -0.15) is 5.26 Å². The molecule has 172 valence electrons. The number of nitrogens with one attached hydrogen (secondary N) is 3. The van der Waals surface area contributed by atoms with Crippen LogP contribution in [0.4, 0.5) is 5.69 Å². The molecule has 3 N–H and O–H groups in total. The molecule has 33 heavy (non-hydrogen) atoms. The molecule has 0 unspecified atom stereocenters. The summed E-state index contributed by atoms with van der Waals surface area (Å²) >= 11 is 1.04. The van der Waals surface area contributed by atoms with Crippen molar-refractivity contribution in [1.82, 2.24) is 15.2 Å². The van der Waals surface area contributed by atoms with Crippen molar-refractivity contribution in [2.24, 2.45) is 0 Å². The number of rotatable bonds is 11. The summed E-state index contributed by atoms with van der Waals surface area (Å²) < 4.78 is 7.46. The maximum atomic E-state index is 12.8. The van der Waals surface area contributed by atoms with Gasteiger partial charge in [0.1, 0.15) is 21.0 Å². The minimum atomic E-state index is -0.567. The molecule has 2 rings (SSSR count). The molecular weight excluding hydrogens is 442 g/mol. The number of carbonyl (C=O) groups is 2. The van der Waals surface area contributed by atoms with Gasteiger partial charge in [0.25, 0.3) is 17.4 Å². The lowest BCUT2D eigenvalue weighted by Crippen LogP contribution is -2.34. The van der Waals surface area contributed by atoms with Crippen molar-refractivity contribution in [3.8, 4) is 11.8 Å². The van der Waals surface area contributed by atoms with Gasteiger partial charge in [0, 0.05) is 37.6 Å². The van der Waals surface area contributed by atoms with Crippen LogP contribution in [0.25, 0.3) is 11.8 Å². The molecule has 0 fully saturated rings. The third kappa shape index (κ3) is 6.95. The van der Waals surface area contributed by atoms with Crippen LogP contribution < -0.4 is 35.4 Å². The highest BCUT2D eigenvalue weighted by atomic mass is 32.1. The van der Waals surface area contributed by atoms with Gasteiger partial charge >= 0.3 is 0 Å². The molecule has 10 heteroatoms. The SMILES string of the molecule is C=CCNC(=O)COc1cccc(NC=c2sc(=C(C#N)C(=O)NCC=C)n(CC)c2=O)c1. The van der Waals surface area contributed by atoms with E-state index in [4.69, 9.17) is 4.74 Å². The first-order chi connectivity index (χ1) is 15.9. The normalized spacial score (nSPS) is 11.7. The van der Waals surface area contributed by atoms with Gasteiger partial charge in [-0.25, -0.2) is 0 Å². The summed E-state index contributed by atoms with van der Waals surface area (Å²) in [6.45, 7) is 9.55. The van der Waals surface area contributed by atoms with E-state index in [9.17, 15) is 19.6 Å². The zero-order valence-electron chi connectivity index (χ0n) is 18.2. The molecule has 1 aromatic heterocycles. The van der Waals surface area contributed by atoms with E-state index in [1.807, 2.05) is 6.07 Å². The lowest BCUT2D eigenvalue weighted by molar-refractivity contribution is -0.122. The molecule has 1 aromatic carbocycles. The van der Waals surface area contributed by atoms with Crippen LogP contribution in [0.2, 0.25) is 0 Å². The molecule has 1 heterocycles. The number of nitrogens with zero attached hydrogens (tertiary/aromatic N) is 2. The van der Waals surface area contributed by atoms with E-state index < -0.39 is 5.91 Å². The number of nitriles is 1. The Morgan fingerprint density at radius 3 is 2.64 bits per heavy atom. The summed E-state index contributed by atoms with van der Waals surface area (Å²) in [6, 6.07) is 8.78. The number of carbonyl (C=O) groups excluding carboxylic acids is 2. The molecule has 2 aromatic rings. The number of aromatic nitrogens is 1. The lowest BCUT2D eigenvalue weighted by Gasteiger charge is -2.07. The summed E-state index contributed by atoms with van der Waals surface area (Å²) in [7, 11) is 0. The number of hydrogen-bond donors (Lipinski definition) is 3. The number of hydrogen-bond acceptors (Lipinski definition) is 7. The van der Waals surface area contributed by atoms with Crippen molar-refractivity contribution in [3.63, 3.8) is 0 Å². The van der Waals surface area contributed by atoms with E-state index >= 15 is 0 Å². The Hall–Kier alpha value is -4.10. The summed E-state index contributed by atoms with van der Waals surface area (Å²) in [5.41, 5.74) is 0.177. The first kappa shape index (κ1) is 25.2. The average molecular weight is 468 g/mol. The summed E-state index contributed by atoms with van der Waals surface area (Å²) in [5, 5.41) is 17.7. The molecule has 9 nitrogen and oxygen atoms in total. The largest absolute Gasteiger partial charge is 0.484 e. The van der Waals surface area contributed by atoms with Gasteiger partial charge in [-0.3, -0.25) is 19.0 Å². The van der Waals surface area contributed by atoms with Gasteiger partial charge in [0.05, 0.1) is 0 Å². The average Bonchev–Trinajstić information content (AvgIpc) is 3.14. The Kier molecular flexibility index (Phi) is 9.67.